The van der Waals surface area contributed by atoms with Gasteiger partial charge in [0.05, 0.1) is 23.1 Å². The van der Waals surface area contributed by atoms with Crippen LogP contribution >= 0.6 is 0 Å². The van der Waals surface area contributed by atoms with E-state index in [4.69, 9.17) is 4.98 Å². The summed E-state index contributed by atoms with van der Waals surface area (Å²) in [5, 5.41) is 0. The van der Waals surface area contributed by atoms with Crippen LogP contribution in [0.5, 0.6) is 0 Å². The van der Waals surface area contributed by atoms with Crippen LogP contribution < -0.4 is 4.90 Å². The molecule has 2 aliphatic heterocycles. The molecule has 5 rings (SSSR count). The lowest BCUT2D eigenvalue weighted by molar-refractivity contribution is -0.138. The van der Waals surface area contributed by atoms with Gasteiger partial charge >= 0.3 is 6.18 Å². The van der Waals surface area contributed by atoms with E-state index in [2.05, 4.69) is 9.88 Å². The maximum absolute atomic E-state index is 13.9. The van der Waals surface area contributed by atoms with Crippen molar-refractivity contribution in [3.63, 3.8) is 0 Å². The number of fused-ring (bicyclic) bond motifs is 1. The van der Waals surface area contributed by atoms with E-state index in [0.717, 1.165) is 49.7 Å². The molecule has 3 heterocycles. The number of halogens is 4. The minimum atomic E-state index is -4.59. The van der Waals surface area contributed by atoms with Gasteiger partial charge in [-0.05, 0) is 62.2 Å². The van der Waals surface area contributed by atoms with Crippen molar-refractivity contribution < 1.29 is 22.4 Å². The highest BCUT2D eigenvalue weighted by molar-refractivity contribution is 5.94. The molecule has 0 spiro atoms. The summed E-state index contributed by atoms with van der Waals surface area (Å²) in [6, 6.07) is 9.73. The summed E-state index contributed by atoms with van der Waals surface area (Å²) in [6.45, 7) is 3.40. The van der Waals surface area contributed by atoms with Gasteiger partial charge in [0.25, 0.3) is 5.91 Å². The van der Waals surface area contributed by atoms with Crippen molar-refractivity contribution in [1.29, 1.82) is 0 Å². The minimum Gasteiger partial charge on any atom is -0.351 e. The molecule has 0 bridgehead atoms. The van der Waals surface area contributed by atoms with Crippen LogP contribution in [0, 0.1) is 5.82 Å². The van der Waals surface area contributed by atoms with Gasteiger partial charge in [0.1, 0.15) is 5.82 Å². The zero-order valence-electron chi connectivity index (χ0n) is 21.1. The van der Waals surface area contributed by atoms with Gasteiger partial charge in [-0.15, -0.1) is 0 Å². The first-order valence-electron chi connectivity index (χ1n) is 12.7. The number of anilines is 1. The highest BCUT2D eigenvalue weighted by Gasteiger charge is 2.34. The number of rotatable bonds is 4. The summed E-state index contributed by atoms with van der Waals surface area (Å²) >= 11 is 0. The number of alkyl halides is 3. The Morgan fingerprint density at radius 2 is 1.71 bits per heavy atom. The van der Waals surface area contributed by atoms with E-state index in [0.29, 0.717) is 48.8 Å². The molecular formula is C28H29F4N5O. The smallest absolute Gasteiger partial charge is 0.351 e. The fourth-order valence-electron chi connectivity index (χ4n) is 4.98. The Morgan fingerprint density at radius 1 is 0.974 bits per heavy atom. The summed E-state index contributed by atoms with van der Waals surface area (Å²) < 4.78 is 54.8. The number of benzene rings is 2. The average molecular weight is 528 g/mol. The van der Waals surface area contributed by atoms with Crippen LogP contribution in [0.25, 0.3) is 11.3 Å². The molecule has 1 aromatic heterocycles. The first-order chi connectivity index (χ1) is 18.2. The number of aromatic nitrogens is 2. The molecule has 1 saturated heterocycles. The third kappa shape index (κ3) is 5.65. The predicted octanol–water partition coefficient (Wildman–Crippen LogP) is 5.03. The number of aryl methyl sites for hydroxylation is 1. The molecule has 10 heteroatoms. The number of carbonyl (C=O) groups excluding carboxylic acids is 1. The van der Waals surface area contributed by atoms with E-state index in [1.54, 1.807) is 23.2 Å². The molecule has 200 valence electrons. The summed E-state index contributed by atoms with van der Waals surface area (Å²) in [7, 11) is 2.03. The average Bonchev–Trinajstić information content (AvgIpc) is 3.10. The number of hydrogen-bond donors (Lipinski definition) is 0. The number of hydrogen-bond acceptors (Lipinski definition) is 5. The minimum absolute atomic E-state index is 0.0144. The van der Waals surface area contributed by atoms with Crippen molar-refractivity contribution in [3.8, 4) is 11.3 Å². The fraction of sp³-hybridized carbons (Fsp3) is 0.393. The van der Waals surface area contributed by atoms with E-state index in [1.807, 2.05) is 24.1 Å². The molecule has 0 N–H and O–H groups in total. The highest BCUT2D eigenvalue weighted by atomic mass is 19.4. The Morgan fingerprint density at radius 3 is 2.42 bits per heavy atom. The Bertz CT molecular complexity index is 1300. The molecule has 2 aliphatic rings. The zero-order chi connectivity index (χ0) is 26.9. The second kappa shape index (κ2) is 10.7. The lowest BCUT2D eigenvalue weighted by Crippen LogP contribution is -2.47. The maximum atomic E-state index is 13.9. The summed E-state index contributed by atoms with van der Waals surface area (Å²) in [5.41, 5.74) is 1.62. The van der Waals surface area contributed by atoms with Crippen LogP contribution in [0.2, 0.25) is 0 Å². The fourth-order valence-corrected chi connectivity index (χ4v) is 4.98. The van der Waals surface area contributed by atoms with Crippen molar-refractivity contribution >= 4 is 11.7 Å². The van der Waals surface area contributed by atoms with E-state index in [-0.39, 0.29) is 18.0 Å². The summed E-state index contributed by atoms with van der Waals surface area (Å²) in [4.78, 5) is 28.1. The van der Waals surface area contributed by atoms with E-state index < -0.39 is 17.6 Å². The van der Waals surface area contributed by atoms with Gasteiger partial charge in [0.2, 0.25) is 0 Å². The molecule has 0 unspecified atom stereocenters. The molecule has 2 aromatic carbocycles. The van der Waals surface area contributed by atoms with Crippen molar-refractivity contribution in [2.24, 2.45) is 0 Å². The molecule has 1 fully saturated rings. The van der Waals surface area contributed by atoms with Crippen molar-refractivity contribution in [1.82, 2.24) is 19.8 Å². The molecule has 0 radical (unpaired) electrons. The van der Waals surface area contributed by atoms with Gasteiger partial charge in [-0.3, -0.25) is 9.78 Å². The largest absolute Gasteiger partial charge is 0.416 e. The third-order valence-electron chi connectivity index (χ3n) is 7.17. The first kappa shape index (κ1) is 26.1. The van der Waals surface area contributed by atoms with Crippen LogP contribution in [0.1, 0.15) is 40.0 Å². The third-order valence-corrected chi connectivity index (χ3v) is 7.17. The number of likely N-dealkylation sites (N-methyl/N-ethyl adjacent to an activating group) is 1. The summed E-state index contributed by atoms with van der Waals surface area (Å²) in [5.74, 6) is -0.219. The van der Waals surface area contributed by atoms with Crippen molar-refractivity contribution in [2.45, 2.75) is 32.0 Å². The first-order valence-corrected chi connectivity index (χ1v) is 12.7. The number of carbonyl (C=O) groups is 1. The topological polar surface area (TPSA) is 52.6 Å². The van der Waals surface area contributed by atoms with Crippen LogP contribution in [-0.4, -0.2) is 65.4 Å². The lowest BCUT2D eigenvalue weighted by Gasteiger charge is -2.32. The van der Waals surface area contributed by atoms with Gasteiger partial charge in [-0.2, -0.15) is 13.2 Å². The standard InChI is InChI=1S/C28H29F4N5O/c1-35-12-14-36(15-13-35)27(38)20-7-5-19(6-8-20)25-17-33-24-4-2-3-11-37(26(24)34-25)18-21-16-22(29)9-10-23(21)28(30,31)32/h5-10,16-17H,2-4,11-15,18H2,1H3. The van der Waals surface area contributed by atoms with Crippen molar-refractivity contribution in [3.05, 3.63) is 76.9 Å². The van der Waals surface area contributed by atoms with Gasteiger partial charge < -0.3 is 14.7 Å². The van der Waals surface area contributed by atoms with Gasteiger partial charge in [0, 0.05) is 50.4 Å². The SMILES string of the molecule is CN1CCN(C(=O)c2ccc(-c3cnc4c(n3)N(Cc3cc(F)ccc3C(F)(F)F)CCCC4)cc2)CC1. The number of piperazine rings is 1. The molecule has 0 saturated carbocycles. The Balaban J connectivity index is 1.41. The van der Waals surface area contributed by atoms with Crippen molar-refractivity contribution in [2.75, 3.05) is 44.7 Å². The van der Waals surface area contributed by atoms with E-state index in [9.17, 15) is 22.4 Å². The Hall–Kier alpha value is -3.53. The van der Waals surface area contributed by atoms with E-state index in [1.165, 1.54) is 0 Å². The maximum Gasteiger partial charge on any atom is 0.416 e. The molecule has 1 amide bonds. The van der Waals surface area contributed by atoms with Crippen LogP contribution in [-0.2, 0) is 19.1 Å². The zero-order valence-corrected chi connectivity index (χ0v) is 21.1. The predicted molar refractivity (Wildman–Crippen MR) is 136 cm³/mol. The quantitative estimate of drug-likeness (QED) is 0.446. The second-order valence-corrected chi connectivity index (χ2v) is 9.88. The molecule has 0 atom stereocenters. The normalized spacial score (nSPS) is 16.8. The van der Waals surface area contributed by atoms with Gasteiger partial charge in [0.15, 0.2) is 5.82 Å². The Labute approximate surface area is 218 Å². The Kier molecular flexibility index (Phi) is 7.34. The second-order valence-electron chi connectivity index (χ2n) is 9.88. The number of amides is 1. The van der Waals surface area contributed by atoms with E-state index >= 15 is 0 Å². The number of nitrogens with zero attached hydrogens (tertiary/aromatic N) is 5. The molecule has 0 aliphatic carbocycles. The molecule has 6 nitrogen and oxygen atoms in total. The molecular weight excluding hydrogens is 498 g/mol. The van der Waals surface area contributed by atoms with Crippen LogP contribution in [0.3, 0.4) is 0 Å². The summed E-state index contributed by atoms with van der Waals surface area (Å²) in [6.07, 6.45) is -0.687. The molecule has 38 heavy (non-hydrogen) atoms. The highest BCUT2D eigenvalue weighted by Crippen LogP contribution is 2.35. The van der Waals surface area contributed by atoms with Gasteiger partial charge in [-0.1, -0.05) is 12.1 Å². The van der Waals surface area contributed by atoms with Crippen LogP contribution in [0.15, 0.2) is 48.7 Å². The molecule has 3 aromatic rings. The lowest BCUT2D eigenvalue weighted by atomic mass is 10.1. The van der Waals surface area contributed by atoms with Gasteiger partial charge in [-0.25, -0.2) is 9.37 Å². The van der Waals surface area contributed by atoms with Crippen LogP contribution in [0.4, 0.5) is 23.4 Å². The monoisotopic (exact) mass is 527 g/mol.